The summed E-state index contributed by atoms with van der Waals surface area (Å²) in [5, 5.41) is 5.96. The summed E-state index contributed by atoms with van der Waals surface area (Å²) < 4.78 is 11.2. The van der Waals surface area contributed by atoms with Crippen molar-refractivity contribution in [2.45, 2.75) is 37.5 Å². The van der Waals surface area contributed by atoms with E-state index in [-0.39, 0.29) is 17.3 Å². The van der Waals surface area contributed by atoms with Crippen LogP contribution in [0, 0.1) is 0 Å². The lowest BCUT2D eigenvalue weighted by molar-refractivity contribution is 0.237. The van der Waals surface area contributed by atoms with Crippen molar-refractivity contribution in [2.24, 2.45) is 0 Å². The molecule has 0 aromatic heterocycles. The molecule has 0 saturated carbocycles. The summed E-state index contributed by atoms with van der Waals surface area (Å²) in [5.41, 5.74) is 2.65. The van der Waals surface area contributed by atoms with Gasteiger partial charge in [0.2, 0.25) is 0 Å². The van der Waals surface area contributed by atoms with E-state index in [4.69, 9.17) is 0 Å². The second kappa shape index (κ2) is 6.88. The number of amides is 2. The van der Waals surface area contributed by atoms with E-state index in [1.54, 1.807) is 6.26 Å². The van der Waals surface area contributed by atoms with Gasteiger partial charge in [0.1, 0.15) is 0 Å². The highest BCUT2D eigenvalue weighted by atomic mass is 32.2. The molecular formula is C15H22N2O2S. The molecule has 0 spiro atoms. The van der Waals surface area contributed by atoms with Gasteiger partial charge < -0.3 is 10.6 Å². The van der Waals surface area contributed by atoms with Crippen LogP contribution in [-0.4, -0.2) is 34.3 Å². The first-order valence-electron chi connectivity index (χ1n) is 6.99. The first-order valence-corrected chi connectivity index (χ1v) is 8.61. The Morgan fingerprint density at radius 2 is 1.95 bits per heavy atom. The maximum absolute atomic E-state index is 11.8. The van der Waals surface area contributed by atoms with Crippen molar-refractivity contribution in [3.05, 3.63) is 35.4 Å². The Morgan fingerprint density at radius 3 is 2.50 bits per heavy atom. The third kappa shape index (κ3) is 4.07. The Balaban J connectivity index is 1.70. The van der Waals surface area contributed by atoms with Crippen LogP contribution in [0.3, 0.4) is 0 Å². The molecule has 0 unspecified atom stereocenters. The van der Waals surface area contributed by atoms with Gasteiger partial charge in [0, 0.05) is 34.9 Å². The second-order valence-corrected chi connectivity index (χ2v) is 7.17. The Morgan fingerprint density at radius 1 is 1.35 bits per heavy atom. The monoisotopic (exact) mass is 294 g/mol. The van der Waals surface area contributed by atoms with Crippen molar-refractivity contribution in [1.82, 2.24) is 10.6 Å². The average molecular weight is 294 g/mol. The fraction of sp³-hybridized carbons (Fsp3) is 0.533. The zero-order chi connectivity index (χ0) is 14.5. The highest BCUT2D eigenvalue weighted by Gasteiger charge is 2.22. The van der Waals surface area contributed by atoms with Crippen LogP contribution in [0.5, 0.6) is 0 Å². The molecule has 2 atom stereocenters. The number of benzene rings is 1. The van der Waals surface area contributed by atoms with Gasteiger partial charge in [-0.2, -0.15) is 0 Å². The number of hydrogen-bond donors (Lipinski definition) is 2. The molecule has 0 fully saturated rings. The molecule has 2 rings (SSSR count). The van der Waals surface area contributed by atoms with E-state index in [0.29, 0.717) is 6.54 Å². The number of nitrogens with one attached hydrogen (secondary N) is 2. The zero-order valence-electron chi connectivity index (χ0n) is 12.0. The SMILES string of the molecule is C[C@H](CCNC(=O)NC1Cc2ccccc2C1)[S@](C)=O. The summed E-state index contributed by atoms with van der Waals surface area (Å²) in [7, 11) is -0.828. The summed E-state index contributed by atoms with van der Waals surface area (Å²) in [5.74, 6) is 0. The summed E-state index contributed by atoms with van der Waals surface area (Å²) >= 11 is 0. The topological polar surface area (TPSA) is 58.2 Å². The summed E-state index contributed by atoms with van der Waals surface area (Å²) in [6.07, 6.45) is 4.24. The van der Waals surface area contributed by atoms with Gasteiger partial charge >= 0.3 is 6.03 Å². The Hall–Kier alpha value is -1.36. The molecule has 1 aromatic rings. The minimum absolute atomic E-state index is 0.117. The summed E-state index contributed by atoms with van der Waals surface area (Å²) in [6, 6.07) is 8.36. The van der Waals surface area contributed by atoms with Crippen LogP contribution >= 0.6 is 0 Å². The summed E-state index contributed by atoms with van der Waals surface area (Å²) in [4.78, 5) is 11.8. The van der Waals surface area contributed by atoms with Crippen LogP contribution in [0.15, 0.2) is 24.3 Å². The predicted octanol–water partition coefficient (Wildman–Crippen LogP) is 1.61. The average Bonchev–Trinajstić information content (AvgIpc) is 2.80. The van der Waals surface area contributed by atoms with E-state index < -0.39 is 10.8 Å². The lowest BCUT2D eigenvalue weighted by atomic mass is 10.1. The normalized spacial score (nSPS) is 17.3. The summed E-state index contributed by atoms with van der Waals surface area (Å²) in [6.45, 7) is 2.50. The fourth-order valence-electron chi connectivity index (χ4n) is 2.45. The largest absolute Gasteiger partial charge is 0.338 e. The third-order valence-corrected chi connectivity index (χ3v) is 5.16. The maximum Gasteiger partial charge on any atom is 0.315 e. The molecule has 110 valence electrons. The third-order valence-electron chi connectivity index (χ3n) is 3.79. The van der Waals surface area contributed by atoms with E-state index in [1.165, 1.54) is 11.1 Å². The number of rotatable bonds is 5. The molecule has 0 saturated heterocycles. The molecule has 1 aliphatic rings. The predicted molar refractivity (Wildman–Crippen MR) is 82.3 cm³/mol. The van der Waals surface area contributed by atoms with Gasteiger partial charge in [-0.1, -0.05) is 31.2 Å². The highest BCUT2D eigenvalue weighted by molar-refractivity contribution is 7.84. The number of fused-ring (bicyclic) bond motifs is 1. The van der Waals surface area contributed by atoms with Gasteiger partial charge in [-0.25, -0.2) is 4.79 Å². The molecule has 0 heterocycles. The molecule has 1 aliphatic carbocycles. The van der Waals surface area contributed by atoms with E-state index in [2.05, 4.69) is 22.8 Å². The van der Waals surface area contributed by atoms with Crippen molar-refractivity contribution in [2.75, 3.05) is 12.8 Å². The van der Waals surface area contributed by atoms with Gasteiger partial charge in [0.25, 0.3) is 0 Å². The number of carbonyl (C=O) groups excluding carboxylic acids is 1. The van der Waals surface area contributed by atoms with Crippen LogP contribution in [-0.2, 0) is 23.6 Å². The van der Waals surface area contributed by atoms with E-state index in [0.717, 1.165) is 19.3 Å². The molecule has 1 aromatic carbocycles. The molecule has 2 N–H and O–H groups in total. The van der Waals surface area contributed by atoms with E-state index in [9.17, 15) is 9.00 Å². The molecule has 0 radical (unpaired) electrons. The minimum atomic E-state index is -0.828. The Labute approximate surface area is 122 Å². The Bertz CT molecular complexity index is 479. The Kier molecular flexibility index (Phi) is 5.17. The van der Waals surface area contributed by atoms with Crippen LogP contribution < -0.4 is 10.6 Å². The number of carbonyl (C=O) groups is 1. The molecule has 2 amide bonds. The number of hydrogen-bond acceptors (Lipinski definition) is 2. The molecule has 0 aliphatic heterocycles. The molecule has 4 nitrogen and oxygen atoms in total. The lowest BCUT2D eigenvalue weighted by Gasteiger charge is -2.14. The van der Waals surface area contributed by atoms with E-state index >= 15 is 0 Å². The van der Waals surface area contributed by atoms with Gasteiger partial charge in [0.15, 0.2) is 0 Å². The van der Waals surface area contributed by atoms with Crippen molar-refractivity contribution in [3.63, 3.8) is 0 Å². The first-order chi connectivity index (χ1) is 9.56. The molecular weight excluding hydrogens is 272 g/mol. The molecule has 20 heavy (non-hydrogen) atoms. The standard InChI is InChI=1S/C15H22N2O2S/c1-11(20(2)19)7-8-16-15(18)17-14-9-12-5-3-4-6-13(12)10-14/h3-6,11,14H,7-10H2,1-2H3,(H2,16,17,18)/t11-,20+/m1/s1. The molecule has 5 heteroatoms. The molecule has 0 bridgehead atoms. The van der Waals surface area contributed by atoms with Gasteiger partial charge in [-0.3, -0.25) is 4.21 Å². The van der Waals surface area contributed by atoms with Crippen LogP contribution in [0.1, 0.15) is 24.5 Å². The van der Waals surface area contributed by atoms with Crippen LogP contribution in [0.4, 0.5) is 4.79 Å². The van der Waals surface area contributed by atoms with Gasteiger partial charge in [0.05, 0.1) is 0 Å². The smallest absolute Gasteiger partial charge is 0.315 e. The van der Waals surface area contributed by atoms with E-state index in [1.807, 2.05) is 19.1 Å². The van der Waals surface area contributed by atoms with Crippen molar-refractivity contribution in [3.8, 4) is 0 Å². The zero-order valence-corrected chi connectivity index (χ0v) is 12.8. The van der Waals surface area contributed by atoms with Crippen LogP contribution in [0.25, 0.3) is 0 Å². The fourth-order valence-corrected chi connectivity index (χ4v) is 2.90. The maximum atomic E-state index is 11.8. The van der Waals surface area contributed by atoms with Gasteiger partial charge in [-0.05, 0) is 30.4 Å². The van der Waals surface area contributed by atoms with Crippen molar-refractivity contribution >= 4 is 16.8 Å². The number of urea groups is 1. The van der Waals surface area contributed by atoms with Gasteiger partial charge in [-0.15, -0.1) is 0 Å². The first kappa shape index (κ1) is 15.0. The van der Waals surface area contributed by atoms with Crippen molar-refractivity contribution in [1.29, 1.82) is 0 Å². The van der Waals surface area contributed by atoms with Crippen molar-refractivity contribution < 1.29 is 9.00 Å². The lowest BCUT2D eigenvalue weighted by Crippen LogP contribution is -2.43. The highest BCUT2D eigenvalue weighted by Crippen LogP contribution is 2.21. The quantitative estimate of drug-likeness (QED) is 0.867. The minimum Gasteiger partial charge on any atom is -0.338 e. The van der Waals surface area contributed by atoms with Crippen LogP contribution in [0.2, 0.25) is 0 Å². The second-order valence-electron chi connectivity index (χ2n) is 5.37.